The third-order valence-electron chi connectivity index (χ3n) is 3.17. The highest BCUT2D eigenvalue weighted by atomic mass is 35.5. The van der Waals surface area contributed by atoms with Gasteiger partial charge in [0.15, 0.2) is 0 Å². The van der Waals surface area contributed by atoms with Gasteiger partial charge in [-0.15, -0.1) is 0 Å². The Balaban J connectivity index is 2.28. The number of hydrogen-bond donors (Lipinski definition) is 1. The van der Waals surface area contributed by atoms with Crippen LogP contribution in [-0.2, 0) is 0 Å². The topological polar surface area (TPSA) is 32.3 Å². The third kappa shape index (κ3) is 2.87. The van der Waals surface area contributed by atoms with Crippen molar-refractivity contribution in [3.8, 4) is 0 Å². The molecule has 1 amide bonds. The van der Waals surface area contributed by atoms with E-state index in [2.05, 4.69) is 5.32 Å². The van der Waals surface area contributed by atoms with Crippen LogP contribution >= 0.6 is 11.6 Å². The number of rotatable bonds is 4. The number of nitrogens with zero attached hydrogens (tertiary/aromatic N) is 1. The molecule has 19 heavy (non-hydrogen) atoms. The Hall–Kier alpha value is -1.20. The molecule has 0 atom stereocenters. The highest BCUT2D eigenvalue weighted by molar-refractivity contribution is 6.30. The highest BCUT2D eigenvalue weighted by Crippen LogP contribution is 2.21. The Morgan fingerprint density at radius 1 is 1.42 bits per heavy atom. The van der Waals surface area contributed by atoms with E-state index < -0.39 is 17.5 Å². The SMILES string of the molecule is CCCN(C(=O)c1cc(F)c(Cl)cc1F)C1CNC1. The van der Waals surface area contributed by atoms with Gasteiger partial charge in [-0.25, -0.2) is 8.78 Å². The van der Waals surface area contributed by atoms with Crippen LogP contribution < -0.4 is 5.32 Å². The largest absolute Gasteiger partial charge is 0.333 e. The maximum absolute atomic E-state index is 13.8. The smallest absolute Gasteiger partial charge is 0.257 e. The minimum atomic E-state index is -0.787. The van der Waals surface area contributed by atoms with Crippen LogP contribution in [0.2, 0.25) is 5.02 Å². The number of hydrogen-bond acceptors (Lipinski definition) is 2. The predicted octanol–water partition coefficient (Wildman–Crippen LogP) is 2.44. The summed E-state index contributed by atoms with van der Waals surface area (Å²) in [5.41, 5.74) is -0.262. The molecule has 0 aromatic heterocycles. The van der Waals surface area contributed by atoms with E-state index in [1.165, 1.54) is 0 Å². The van der Waals surface area contributed by atoms with Crippen molar-refractivity contribution in [3.63, 3.8) is 0 Å². The quantitative estimate of drug-likeness (QED) is 0.863. The van der Waals surface area contributed by atoms with Crippen LogP contribution in [0, 0.1) is 11.6 Å². The molecule has 0 radical (unpaired) electrons. The molecule has 1 aromatic rings. The first kappa shape index (κ1) is 14.2. The number of benzene rings is 1. The summed E-state index contributed by atoms with van der Waals surface area (Å²) >= 11 is 5.48. The molecule has 0 saturated carbocycles. The maximum Gasteiger partial charge on any atom is 0.257 e. The standard InChI is InChI=1S/C13H15ClF2N2O/c1-2-3-18(8-6-17-7-8)13(19)9-4-12(16)10(14)5-11(9)15/h4-5,8,17H,2-3,6-7H2,1H3. The second kappa shape index (κ2) is 5.84. The van der Waals surface area contributed by atoms with Crippen molar-refractivity contribution in [1.29, 1.82) is 0 Å². The fourth-order valence-electron chi connectivity index (χ4n) is 2.03. The molecule has 3 nitrogen and oxygen atoms in total. The molecule has 1 aromatic carbocycles. The van der Waals surface area contributed by atoms with Crippen molar-refractivity contribution in [2.24, 2.45) is 0 Å². The second-order valence-corrected chi connectivity index (χ2v) is 4.96. The minimum Gasteiger partial charge on any atom is -0.333 e. The summed E-state index contributed by atoms with van der Waals surface area (Å²) < 4.78 is 27.1. The highest BCUT2D eigenvalue weighted by Gasteiger charge is 2.30. The molecule has 1 N–H and O–H groups in total. The molecule has 1 aliphatic heterocycles. The maximum atomic E-state index is 13.8. The second-order valence-electron chi connectivity index (χ2n) is 4.56. The van der Waals surface area contributed by atoms with Gasteiger partial charge in [0.25, 0.3) is 5.91 Å². The Labute approximate surface area is 115 Å². The fraction of sp³-hybridized carbons (Fsp3) is 0.462. The molecule has 2 rings (SSSR count). The van der Waals surface area contributed by atoms with Crippen LogP contribution in [0.25, 0.3) is 0 Å². The van der Waals surface area contributed by atoms with Gasteiger partial charge in [0.2, 0.25) is 0 Å². The first-order valence-corrected chi connectivity index (χ1v) is 6.58. The summed E-state index contributed by atoms with van der Waals surface area (Å²) in [6.07, 6.45) is 0.764. The number of carbonyl (C=O) groups is 1. The van der Waals surface area contributed by atoms with Gasteiger partial charge in [-0.1, -0.05) is 18.5 Å². The molecule has 0 bridgehead atoms. The first-order valence-electron chi connectivity index (χ1n) is 6.20. The van der Waals surface area contributed by atoms with E-state index in [1.54, 1.807) is 4.90 Å². The third-order valence-corrected chi connectivity index (χ3v) is 3.46. The molecule has 0 aliphatic carbocycles. The van der Waals surface area contributed by atoms with Crippen LogP contribution in [0.4, 0.5) is 8.78 Å². The van der Waals surface area contributed by atoms with Crippen molar-refractivity contribution in [2.75, 3.05) is 19.6 Å². The van der Waals surface area contributed by atoms with E-state index in [4.69, 9.17) is 11.6 Å². The van der Waals surface area contributed by atoms with Gasteiger partial charge in [0, 0.05) is 19.6 Å². The number of halogens is 3. The molecule has 1 aliphatic rings. The molecule has 1 fully saturated rings. The Bertz CT molecular complexity index is 492. The van der Waals surface area contributed by atoms with Crippen LogP contribution in [0.1, 0.15) is 23.7 Å². The van der Waals surface area contributed by atoms with E-state index in [9.17, 15) is 13.6 Å². The van der Waals surface area contributed by atoms with Crippen molar-refractivity contribution in [1.82, 2.24) is 10.2 Å². The average molecular weight is 289 g/mol. The van der Waals surface area contributed by atoms with E-state index in [-0.39, 0.29) is 16.6 Å². The molecule has 0 unspecified atom stereocenters. The lowest BCUT2D eigenvalue weighted by atomic mass is 10.1. The normalized spacial score (nSPS) is 15.2. The molecular formula is C13H15ClF2N2O. The van der Waals surface area contributed by atoms with Crippen molar-refractivity contribution < 1.29 is 13.6 Å². The van der Waals surface area contributed by atoms with Gasteiger partial charge in [0.1, 0.15) is 11.6 Å². The van der Waals surface area contributed by atoms with E-state index >= 15 is 0 Å². The summed E-state index contributed by atoms with van der Waals surface area (Å²) in [4.78, 5) is 13.9. The molecule has 6 heteroatoms. The monoisotopic (exact) mass is 288 g/mol. The zero-order valence-electron chi connectivity index (χ0n) is 10.5. The lowest BCUT2D eigenvalue weighted by Gasteiger charge is -2.38. The van der Waals surface area contributed by atoms with Gasteiger partial charge < -0.3 is 10.2 Å². The van der Waals surface area contributed by atoms with Crippen molar-refractivity contribution >= 4 is 17.5 Å². The Morgan fingerprint density at radius 3 is 2.63 bits per heavy atom. The molecule has 0 spiro atoms. The summed E-state index contributed by atoms with van der Waals surface area (Å²) in [7, 11) is 0. The molecule has 1 heterocycles. The van der Waals surface area contributed by atoms with Gasteiger partial charge in [-0.05, 0) is 18.6 Å². The molecule has 104 valence electrons. The van der Waals surface area contributed by atoms with Gasteiger partial charge >= 0.3 is 0 Å². The van der Waals surface area contributed by atoms with Crippen LogP contribution in [-0.4, -0.2) is 36.5 Å². The Kier molecular flexibility index (Phi) is 4.37. The average Bonchev–Trinajstić information content (AvgIpc) is 2.30. The van der Waals surface area contributed by atoms with Gasteiger partial charge in [-0.2, -0.15) is 0 Å². The van der Waals surface area contributed by atoms with E-state index in [1.807, 2.05) is 6.92 Å². The zero-order chi connectivity index (χ0) is 14.0. The first-order chi connectivity index (χ1) is 9.04. The van der Waals surface area contributed by atoms with Gasteiger partial charge in [-0.3, -0.25) is 4.79 Å². The van der Waals surface area contributed by atoms with E-state index in [0.717, 1.165) is 18.6 Å². The van der Waals surface area contributed by atoms with Crippen LogP contribution in [0.15, 0.2) is 12.1 Å². The number of amides is 1. The van der Waals surface area contributed by atoms with Gasteiger partial charge in [0.05, 0.1) is 16.6 Å². The summed E-state index contributed by atoms with van der Waals surface area (Å²) in [5, 5.41) is 2.74. The molecule has 1 saturated heterocycles. The summed E-state index contributed by atoms with van der Waals surface area (Å²) in [6, 6.07) is 1.76. The molecular weight excluding hydrogens is 274 g/mol. The number of carbonyl (C=O) groups excluding carboxylic acids is 1. The summed E-state index contributed by atoms with van der Waals surface area (Å²) in [5.74, 6) is -2.05. The number of nitrogens with one attached hydrogen (secondary N) is 1. The van der Waals surface area contributed by atoms with Crippen LogP contribution in [0.5, 0.6) is 0 Å². The minimum absolute atomic E-state index is 0.0468. The van der Waals surface area contributed by atoms with Crippen molar-refractivity contribution in [3.05, 3.63) is 34.4 Å². The lowest BCUT2D eigenvalue weighted by Crippen LogP contribution is -2.59. The van der Waals surface area contributed by atoms with E-state index in [0.29, 0.717) is 19.6 Å². The fourth-order valence-corrected chi connectivity index (χ4v) is 2.18. The zero-order valence-corrected chi connectivity index (χ0v) is 11.3. The van der Waals surface area contributed by atoms with Crippen molar-refractivity contribution in [2.45, 2.75) is 19.4 Å². The Morgan fingerprint density at radius 2 is 2.11 bits per heavy atom. The summed E-state index contributed by atoms with van der Waals surface area (Å²) in [6.45, 7) is 3.83. The lowest BCUT2D eigenvalue weighted by molar-refractivity contribution is 0.0610. The predicted molar refractivity (Wildman–Crippen MR) is 69.4 cm³/mol. The van der Waals surface area contributed by atoms with Crippen LogP contribution in [0.3, 0.4) is 0 Å².